The lowest BCUT2D eigenvalue weighted by Crippen LogP contribution is -2.31. The van der Waals surface area contributed by atoms with Gasteiger partial charge in [0.25, 0.3) is 0 Å². The van der Waals surface area contributed by atoms with Gasteiger partial charge in [-0.25, -0.2) is 4.98 Å². The monoisotopic (exact) mass is 272 g/mol. The van der Waals surface area contributed by atoms with E-state index in [9.17, 15) is 10.1 Å². The van der Waals surface area contributed by atoms with Gasteiger partial charge in [0.1, 0.15) is 5.15 Å². The maximum Gasteiger partial charge on any atom is 0.311 e. The summed E-state index contributed by atoms with van der Waals surface area (Å²) in [5.74, 6) is 0.213. The summed E-state index contributed by atoms with van der Waals surface area (Å²) >= 11 is 5.73. The predicted octanol–water partition coefficient (Wildman–Crippen LogP) is 2.40. The van der Waals surface area contributed by atoms with Gasteiger partial charge in [0.05, 0.1) is 4.92 Å². The number of hydrogen-bond donors (Lipinski definition) is 1. The van der Waals surface area contributed by atoms with Crippen molar-refractivity contribution in [2.24, 2.45) is 0 Å². The van der Waals surface area contributed by atoms with Crippen LogP contribution in [0, 0.1) is 10.1 Å². The van der Waals surface area contributed by atoms with E-state index < -0.39 is 4.92 Å². The van der Waals surface area contributed by atoms with Gasteiger partial charge in [-0.1, -0.05) is 11.6 Å². The number of nitrogens with zero attached hydrogens (tertiary/aromatic N) is 3. The van der Waals surface area contributed by atoms with Gasteiger partial charge in [0.15, 0.2) is 0 Å². The van der Waals surface area contributed by atoms with Crippen molar-refractivity contribution in [3.63, 3.8) is 0 Å². The van der Waals surface area contributed by atoms with E-state index in [4.69, 9.17) is 11.6 Å². The molecule has 0 radical (unpaired) electrons. The number of anilines is 1. The van der Waals surface area contributed by atoms with Crippen molar-refractivity contribution in [2.75, 3.05) is 25.5 Å². The molecule has 1 N–H and O–H groups in total. The van der Waals surface area contributed by atoms with E-state index in [0.29, 0.717) is 12.6 Å². The fraction of sp³-hybridized carbons (Fsp3) is 0.545. The first kappa shape index (κ1) is 14.7. The Morgan fingerprint density at radius 2 is 2.22 bits per heavy atom. The van der Waals surface area contributed by atoms with E-state index in [1.165, 1.54) is 12.1 Å². The summed E-state index contributed by atoms with van der Waals surface area (Å²) in [4.78, 5) is 16.4. The summed E-state index contributed by atoms with van der Waals surface area (Å²) in [6, 6.07) is 3.18. The van der Waals surface area contributed by atoms with E-state index in [1.54, 1.807) is 0 Å². The van der Waals surface area contributed by atoms with Crippen molar-refractivity contribution in [1.29, 1.82) is 0 Å². The van der Waals surface area contributed by atoms with Crippen LogP contribution < -0.4 is 5.32 Å². The first-order chi connectivity index (χ1) is 8.41. The first-order valence-corrected chi connectivity index (χ1v) is 6.04. The first-order valence-electron chi connectivity index (χ1n) is 5.67. The van der Waals surface area contributed by atoms with Crippen LogP contribution in [0.1, 0.15) is 13.8 Å². The zero-order valence-electron chi connectivity index (χ0n) is 10.7. The fourth-order valence-corrected chi connectivity index (χ4v) is 1.46. The van der Waals surface area contributed by atoms with E-state index in [0.717, 1.165) is 6.54 Å². The van der Waals surface area contributed by atoms with Crippen LogP contribution in [0.5, 0.6) is 0 Å². The molecule has 0 fully saturated rings. The van der Waals surface area contributed by atoms with Crippen molar-refractivity contribution in [2.45, 2.75) is 19.9 Å². The van der Waals surface area contributed by atoms with E-state index >= 15 is 0 Å². The van der Waals surface area contributed by atoms with Crippen molar-refractivity contribution in [1.82, 2.24) is 9.88 Å². The second-order valence-electron chi connectivity index (χ2n) is 4.26. The highest BCUT2D eigenvalue weighted by Crippen LogP contribution is 2.23. The van der Waals surface area contributed by atoms with Gasteiger partial charge in [-0.15, -0.1) is 0 Å². The Kier molecular flexibility index (Phi) is 5.30. The zero-order chi connectivity index (χ0) is 13.7. The molecule has 0 amide bonds. The van der Waals surface area contributed by atoms with Crippen LogP contribution in [-0.4, -0.2) is 41.0 Å². The Bertz CT molecular complexity index is 426. The molecule has 0 spiro atoms. The molecule has 0 aliphatic rings. The number of rotatable bonds is 6. The van der Waals surface area contributed by atoms with Crippen LogP contribution in [0.2, 0.25) is 5.15 Å². The molecular formula is C11H17ClN4O2. The van der Waals surface area contributed by atoms with Gasteiger partial charge < -0.3 is 10.2 Å². The number of nitro groups is 1. The molecule has 7 heteroatoms. The number of pyridine rings is 1. The smallest absolute Gasteiger partial charge is 0.311 e. The molecule has 6 nitrogen and oxygen atoms in total. The molecule has 0 aromatic carbocycles. The van der Waals surface area contributed by atoms with Gasteiger partial charge in [-0.2, -0.15) is 0 Å². The third-order valence-electron chi connectivity index (χ3n) is 2.68. The molecule has 100 valence electrons. The zero-order valence-corrected chi connectivity index (χ0v) is 11.4. The minimum absolute atomic E-state index is 0.0633. The number of likely N-dealkylation sites (N-methyl/N-ethyl adjacent to an activating group) is 1. The SMILES string of the molecule is CC(C)N(C)CCNc1nc(Cl)ccc1[N+](=O)[O-]. The molecule has 1 rings (SSSR count). The lowest BCUT2D eigenvalue weighted by atomic mass is 10.3. The minimum atomic E-state index is -0.474. The number of nitrogens with one attached hydrogen (secondary N) is 1. The topological polar surface area (TPSA) is 71.3 Å². The van der Waals surface area contributed by atoms with E-state index in [2.05, 4.69) is 29.0 Å². The molecule has 0 atom stereocenters. The van der Waals surface area contributed by atoms with Gasteiger partial charge in [0, 0.05) is 25.2 Å². The molecule has 0 saturated carbocycles. The standard InChI is InChI=1S/C11H17ClN4O2/c1-8(2)15(3)7-6-13-11-9(16(17)18)4-5-10(12)14-11/h4-5,8H,6-7H2,1-3H3,(H,13,14). The normalized spacial score (nSPS) is 11.0. The average molecular weight is 273 g/mol. The van der Waals surface area contributed by atoms with Crippen molar-refractivity contribution < 1.29 is 4.92 Å². The highest BCUT2D eigenvalue weighted by Gasteiger charge is 2.15. The van der Waals surface area contributed by atoms with Gasteiger partial charge in [-0.3, -0.25) is 10.1 Å². The summed E-state index contributed by atoms with van der Waals surface area (Å²) in [6.45, 7) is 5.51. The Balaban J connectivity index is 2.66. The fourth-order valence-electron chi connectivity index (χ4n) is 1.31. The van der Waals surface area contributed by atoms with Gasteiger partial charge in [0.2, 0.25) is 5.82 Å². The second-order valence-corrected chi connectivity index (χ2v) is 4.65. The molecule has 0 saturated heterocycles. The molecule has 0 unspecified atom stereocenters. The molecule has 0 bridgehead atoms. The molecule has 0 aliphatic heterocycles. The Morgan fingerprint density at radius 1 is 1.56 bits per heavy atom. The summed E-state index contributed by atoms with van der Waals surface area (Å²) < 4.78 is 0. The summed E-state index contributed by atoms with van der Waals surface area (Å²) in [5.41, 5.74) is -0.0633. The van der Waals surface area contributed by atoms with Crippen LogP contribution in [0.3, 0.4) is 0 Å². The largest absolute Gasteiger partial charge is 0.363 e. The third-order valence-corrected chi connectivity index (χ3v) is 2.89. The van der Waals surface area contributed by atoms with Crippen LogP contribution in [0.25, 0.3) is 0 Å². The molecule has 1 heterocycles. The van der Waals surface area contributed by atoms with Crippen LogP contribution in [0.4, 0.5) is 11.5 Å². The highest BCUT2D eigenvalue weighted by molar-refractivity contribution is 6.29. The Morgan fingerprint density at radius 3 is 2.78 bits per heavy atom. The average Bonchev–Trinajstić information content (AvgIpc) is 2.28. The maximum absolute atomic E-state index is 10.8. The number of halogens is 1. The number of aromatic nitrogens is 1. The lowest BCUT2D eigenvalue weighted by molar-refractivity contribution is -0.384. The van der Waals surface area contributed by atoms with Crippen molar-refractivity contribution in [3.05, 3.63) is 27.4 Å². The predicted molar refractivity (Wildman–Crippen MR) is 72.2 cm³/mol. The number of hydrogen-bond acceptors (Lipinski definition) is 5. The minimum Gasteiger partial charge on any atom is -0.363 e. The second kappa shape index (κ2) is 6.51. The quantitative estimate of drug-likeness (QED) is 0.489. The van der Waals surface area contributed by atoms with Crippen molar-refractivity contribution in [3.8, 4) is 0 Å². The van der Waals surface area contributed by atoms with Gasteiger partial charge >= 0.3 is 5.69 Å². The maximum atomic E-state index is 10.8. The molecule has 1 aromatic heterocycles. The lowest BCUT2D eigenvalue weighted by Gasteiger charge is -2.20. The summed E-state index contributed by atoms with van der Waals surface area (Å²) in [5, 5.41) is 14.0. The van der Waals surface area contributed by atoms with Crippen LogP contribution in [0.15, 0.2) is 12.1 Å². The van der Waals surface area contributed by atoms with Crippen LogP contribution in [-0.2, 0) is 0 Å². The van der Waals surface area contributed by atoms with E-state index in [1.807, 2.05) is 7.05 Å². The van der Waals surface area contributed by atoms with E-state index in [-0.39, 0.29) is 16.7 Å². The van der Waals surface area contributed by atoms with Crippen molar-refractivity contribution >= 4 is 23.1 Å². The summed E-state index contributed by atoms with van der Waals surface area (Å²) in [7, 11) is 1.99. The Hall–Kier alpha value is -1.40. The third kappa shape index (κ3) is 4.12. The molecule has 1 aromatic rings. The highest BCUT2D eigenvalue weighted by atomic mass is 35.5. The molecule has 0 aliphatic carbocycles. The Labute approximate surface area is 111 Å². The van der Waals surface area contributed by atoms with Crippen LogP contribution >= 0.6 is 11.6 Å². The molecular weight excluding hydrogens is 256 g/mol. The van der Waals surface area contributed by atoms with Gasteiger partial charge in [-0.05, 0) is 27.0 Å². The molecule has 18 heavy (non-hydrogen) atoms. The summed E-state index contributed by atoms with van der Waals surface area (Å²) in [6.07, 6.45) is 0.